The highest BCUT2D eigenvalue weighted by molar-refractivity contribution is 5.69. The highest BCUT2D eigenvalue weighted by atomic mass is 17.0. The van der Waals surface area contributed by atoms with Crippen molar-refractivity contribution in [2.45, 2.75) is 37.3 Å². The van der Waals surface area contributed by atoms with Gasteiger partial charge in [-0.3, -0.25) is 13.9 Å². The number of nitrogens with one attached hydrogen (secondary N) is 1. The van der Waals surface area contributed by atoms with Crippen molar-refractivity contribution in [3.05, 3.63) is 37.3 Å². The van der Waals surface area contributed by atoms with E-state index in [9.17, 15) is 19.7 Å². The van der Waals surface area contributed by atoms with Gasteiger partial charge in [-0.05, 0) is 13.0 Å². The SMILES string of the molecule is Cn1c(=O)c2c(ncn2CCCN[C@H]2COC3C(O[N+](=O)[O-])COC32)n(C)c1=O. The zero-order valence-corrected chi connectivity index (χ0v) is 16.0. The first kappa shape index (κ1) is 19.5. The largest absolute Gasteiger partial charge is 0.371 e. The van der Waals surface area contributed by atoms with Crippen LogP contribution in [0.25, 0.3) is 11.2 Å². The summed E-state index contributed by atoms with van der Waals surface area (Å²) in [5, 5.41) is 13.0. The van der Waals surface area contributed by atoms with E-state index in [1.165, 1.54) is 11.6 Å². The number of aryl methyl sites for hydroxylation is 2. The highest BCUT2D eigenvalue weighted by Crippen LogP contribution is 2.28. The molecule has 0 bridgehead atoms. The molecule has 4 atom stereocenters. The van der Waals surface area contributed by atoms with Gasteiger partial charge in [0.15, 0.2) is 17.3 Å². The van der Waals surface area contributed by atoms with Crippen LogP contribution in [-0.2, 0) is 35.0 Å². The van der Waals surface area contributed by atoms with Gasteiger partial charge in [-0.2, -0.15) is 0 Å². The monoisotopic (exact) mass is 410 g/mol. The van der Waals surface area contributed by atoms with Crippen molar-refractivity contribution in [2.24, 2.45) is 14.1 Å². The number of rotatable bonds is 7. The fourth-order valence-electron chi connectivity index (χ4n) is 3.94. The lowest BCUT2D eigenvalue weighted by molar-refractivity contribution is -0.769. The van der Waals surface area contributed by atoms with E-state index in [-0.39, 0.29) is 24.3 Å². The van der Waals surface area contributed by atoms with Crippen LogP contribution in [0.3, 0.4) is 0 Å². The van der Waals surface area contributed by atoms with Gasteiger partial charge in [0.25, 0.3) is 10.6 Å². The van der Waals surface area contributed by atoms with Gasteiger partial charge in [-0.15, -0.1) is 10.1 Å². The Labute approximate surface area is 163 Å². The Hall–Kier alpha value is -2.77. The van der Waals surface area contributed by atoms with Crippen molar-refractivity contribution in [1.82, 2.24) is 24.0 Å². The Morgan fingerprint density at radius 2 is 2.03 bits per heavy atom. The van der Waals surface area contributed by atoms with Crippen LogP contribution in [0, 0.1) is 10.1 Å². The molecular weight excluding hydrogens is 388 g/mol. The first-order chi connectivity index (χ1) is 13.9. The number of nitrogens with zero attached hydrogens (tertiary/aromatic N) is 5. The minimum atomic E-state index is -0.823. The maximum absolute atomic E-state index is 12.4. The lowest BCUT2D eigenvalue weighted by Crippen LogP contribution is -2.42. The standard InChI is InChI=1S/C16H22N6O7/c1-19-14-11(15(23)20(2)16(19)24)21(8-18-14)5-3-4-17-9-6-27-13-10(29-22(25)26)7-28-12(9)13/h8-10,12-13,17H,3-7H2,1-2H3/t9-,10?,12?,13?/m0/s1. The molecule has 0 aliphatic carbocycles. The van der Waals surface area contributed by atoms with E-state index in [0.29, 0.717) is 37.3 Å². The van der Waals surface area contributed by atoms with Gasteiger partial charge in [0.05, 0.1) is 25.6 Å². The van der Waals surface area contributed by atoms with Gasteiger partial charge < -0.3 is 24.2 Å². The summed E-state index contributed by atoms with van der Waals surface area (Å²) in [7, 11) is 3.02. The predicted molar refractivity (Wildman–Crippen MR) is 98.0 cm³/mol. The molecule has 0 radical (unpaired) electrons. The van der Waals surface area contributed by atoms with Gasteiger partial charge in [-0.1, -0.05) is 0 Å². The predicted octanol–water partition coefficient (Wildman–Crippen LogP) is -1.84. The molecule has 2 aromatic rings. The van der Waals surface area contributed by atoms with Crippen LogP contribution in [0.15, 0.2) is 15.9 Å². The second kappa shape index (κ2) is 7.57. The molecule has 2 saturated heterocycles. The Morgan fingerprint density at radius 3 is 2.79 bits per heavy atom. The number of hydrogen-bond donors (Lipinski definition) is 1. The average molecular weight is 410 g/mol. The van der Waals surface area contributed by atoms with Crippen LogP contribution < -0.4 is 16.6 Å². The van der Waals surface area contributed by atoms with Crippen LogP contribution in [-0.4, -0.2) is 67.9 Å². The normalized spacial score (nSPS) is 26.1. The van der Waals surface area contributed by atoms with Gasteiger partial charge in [0.2, 0.25) is 0 Å². The molecule has 0 spiro atoms. The van der Waals surface area contributed by atoms with Gasteiger partial charge >= 0.3 is 5.69 Å². The zero-order chi connectivity index (χ0) is 20.7. The smallest absolute Gasteiger partial charge is 0.332 e. The van der Waals surface area contributed by atoms with Gasteiger partial charge in [-0.25, -0.2) is 9.78 Å². The molecule has 13 heteroatoms. The number of imidazole rings is 1. The van der Waals surface area contributed by atoms with E-state index >= 15 is 0 Å². The summed E-state index contributed by atoms with van der Waals surface area (Å²) in [5.41, 5.74) is -0.0510. The van der Waals surface area contributed by atoms with E-state index in [1.807, 2.05) is 0 Å². The molecule has 1 N–H and O–H groups in total. The fourth-order valence-corrected chi connectivity index (χ4v) is 3.94. The fraction of sp³-hybridized carbons (Fsp3) is 0.688. The van der Waals surface area contributed by atoms with Crippen molar-refractivity contribution in [3.8, 4) is 0 Å². The lowest BCUT2D eigenvalue weighted by Gasteiger charge is -2.17. The van der Waals surface area contributed by atoms with E-state index in [1.54, 1.807) is 17.9 Å². The van der Waals surface area contributed by atoms with Crippen molar-refractivity contribution in [1.29, 1.82) is 0 Å². The summed E-state index contributed by atoms with van der Waals surface area (Å²) < 4.78 is 15.4. The second-order valence-electron chi connectivity index (χ2n) is 7.19. The minimum absolute atomic E-state index is 0.0893. The summed E-state index contributed by atoms with van der Waals surface area (Å²) in [6, 6.07) is -0.0893. The highest BCUT2D eigenvalue weighted by Gasteiger charge is 2.49. The minimum Gasteiger partial charge on any atom is -0.371 e. The summed E-state index contributed by atoms with van der Waals surface area (Å²) in [6.07, 6.45) is 0.789. The van der Waals surface area contributed by atoms with Gasteiger partial charge in [0, 0.05) is 20.6 Å². The molecule has 0 aromatic carbocycles. The average Bonchev–Trinajstić information content (AvgIpc) is 3.38. The second-order valence-corrected chi connectivity index (χ2v) is 7.19. The summed E-state index contributed by atoms with van der Waals surface area (Å²) in [5.74, 6) is 0. The van der Waals surface area contributed by atoms with Crippen LogP contribution in [0.2, 0.25) is 0 Å². The lowest BCUT2D eigenvalue weighted by atomic mass is 10.1. The summed E-state index contributed by atoms with van der Waals surface area (Å²) in [4.78, 5) is 43.8. The van der Waals surface area contributed by atoms with Crippen LogP contribution in [0.1, 0.15) is 6.42 Å². The Balaban J connectivity index is 1.35. The van der Waals surface area contributed by atoms with Crippen molar-refractivity contribution in [3.63, 3.8) is 0 Å². The van der Waals surface area contributed by atoms with Crippen LogP contribution in [0.5, 0.6) is 0 Å². The van der Waals surface area contributed by atoms with E-state index < -0.39 is 23.0 Å². The van der Waals surface area contributed by atoms with Crippen molar-refractivity contribution in [2.75, 3.05) is 19.8 Å². The first-order valence-corrected chi connectivity index (χ1v) is 9.27. The van der Waals surface area contributed by atoms with Crippen molar-refractivity contribution >= 4 is 11.2 Å². The summed E-state index contributed by atoms with van der Waals surface area (Å²) in [6.45, 7) is 1.65. The molecule has 2 aliphatic heterocycles. The molecule has 2 aliphatic rings. The number of fused-ring (bicyclic) bond motifs is 2. The molecule has 4 rings (SSSR count). The number of ether oxygens (including phenoxy) is 2. The third-order valence-corrected chi connectivity index (χ3v) is 5.43. The van der Waals surface area contributed by atoms with Crippen LogP contribution in [0.4, 0.5) is 0 Å². The molecule has 0 saturated carbocycles. The molecule has 2 aromatic heterocycles. The third-order valence-electron chi connectivity index (χ3n) is 5.43. The molecule has 3 unspecified atom stereocenters. The Morgan fingerprint density at radius 1 is 1.28 bits per heavy atom. The van der Waals surface area contributed by atoms with E-state index in [4.69, 9.17) is 9.47 Å². The topological polar surface area (TPSA) is 145 Å². The van der Waals surface area contributed by atoms with Crippen molar-refractivity contribution < 1.29 is 19.4 Å². The molecule has 158 valence electrons. The zero-order valence-electron chi connectivity index (χ0n) is 16.0. The molecule has 4 heterocycles. The van der Waals surface area contributed by atoms with Gasteiger partial charge in [0.1, 0.15) is 12.2 Å². The molecule has 29 heavy (non-hydrogen) atoms. The van der Waals surface area contributed by atoms with E-state index in [0.717, 1.165) is 4.57 Å². The Kier molecular flexibility index (Phi) is 5.10. The summed E-state index contributed by atoms with van der Waals surface area (Å²) >= 11 is 0. The van der Waals surface area contributed by atoms with E-state index in [2.05, 4.69) is 15.1 Å². The quantitative estimate of drug-likeness (QED) is 0.316. The maximum atomic E-state index is 12.4. The number of aromatic nitrogens is 4. The molecular formula is C16H22N6O7. The molecule has 2 fully saturated rings. The Bertz CT molecular complexity index is 1040. The molecule has 0 amide bonds. The van der Waals surface area contributed by atoms with Crippen LogP contribution >= 0.6 is 0 Å². The maximum Gasteiger partial charge on any atom is 0.332 e. The number of hydrogen-bond acceptors (Lipinski definition) is 9. The molecule has 13 nitrogen and oxygen atoms in total. The third kappa shape index (κ3) is 3.41. The first-order valence-electron chi connectivity index (χ1n) is 9.27.